The Bertz CT molecular complexity index is 579. The number of halogens is 4. The van der Waals surface area contributed by atoms with Gasteiger partial charge >= 0.3 is 6.18 Å². The Morgan fingerprint density at radius 3 is 2.61 bits per heavy atom. The zero-order valence-corrected chi connectivity index (χ0v) is 11.5. The Hall–Kier alpha value is -0.790. The molecule has 0 saturated carbocycles. The summed E-state index contributed by atoms with van der Waals surface area (Å²) >= 11 is 4.64. The molecule has 2 aromatic rings. The lowest BCUT2D eigenvalue weighted by Crippen LogP contribution is -2.20. The van der Waals surface area contributed by atoms with Crippen LogP contribution in [0.1, 0.15) is 11.7 Å². The third kappa shape index (κ3) is 2.22. The number of aliphatic hydroxyl groups excluding tert-OH is 1. The standard InChI is InChI=1S/C11H8BrF3O2S/c1-17-9-5(10(16)11(13,14)15)2-3-7-8(9)6(12)4-18-7/h2-4,10,16H,1H3. The van der Waals surface area contributed by atoms with Crippen LogP contribution in [-0.4, -0.2) is 18.4 Å². The SMILES string of the molecule is COc1c(C(O)C(F)(F)F)ccc2scc(Br)c12. The fourth-order valence-corrected chi connectivity index (χ4v) is 3.31. The summed E-state index contributed by atoms with van der Waals surface area (Å²) in [5.74, 6) is 0.0467. The molecule has 1 heterocycles. The van der Waals surface area contributed by atoms with Crippen molar-refractivity contribution in [1.82, 2.24) is 0 Å². The van der Waals surface area contributed by atoms with Gasteiger partial charge in [-0.15, -0.1) is 11.3 Å². The Balaban J connectivity index is 2.68. The molecule has 0 fully saturated rings. The monoisotopic (exact) mass is 340 g/mol. The molecule has 2 rings (SSSR count). The fraction of sp³-hybridized carbons (Fsp3) is 0.273. The first-order valence-corrected chi connectivity index (χ1v) is 6.52. The molecular weight excluding hydrogens is 333 g/mol. The number of benzene rings is 1. The maximum atomic E-state index is 12.6. The zero-order chi connectivity index (χ0) is 13.5. The number of rotatable bonds is 2. The highest BCUT2D eigenvalue weighted by molar-refractivity contribution is 9.10. The van der Waals surface area contributed by atoms with E-state index in [4.69, 9.17) is 4.74 Å². The van der Waals surface area contributed by atoms with Crippen molar-refractivity contribution in [1.29, 1.82) is 0 Å². The maximum absolute atomic E-state index is 12.6. The molecule has 0 aliphatic heterocycles. The third-order valence-corrected chi connectivity index (χ3v) is 4.36. The minimum absolute atomic E-state index is 0.0467. The molecule has 1 unspecified atom stereocenters. The maximum Gasteiger partial charge on any atom is 0.418 e. The number of alkyl halides is 3. The van der Waals surface area contributed by atoms with E-state index in [1.807, 2.05) is 0 Å². The first-order valence-electron chi connectivity index (χ1n) is 4.84. The van der Waals surface area contributed by atoms with Crippen LogP contribution in [0.5, 0.6) is 5.75 Å². The highest BCUT2D eigenvalue weighted by atomic mass is 79.9. The summed E-state index contributed by atoms with van der Waals surface area (Å²) in [4.78, 5) is 0. The lowest BCUT2D eigenvalue weighted by atomic mass is 10.1. The van der Waals surface area contributed by atoms with Gasteiger partial charge in [0.1, 0.15) is 5.75 Å². The van der Waals surface area contributed by atoms with Gasteiger partial charge < -0.3 is 9.84 Å². The molecule has 0 radical (unpaired) electrons. The zero-order valence-electron chi connectivity index (χ0n) is 9.08. The number of hydrogen-bond acceptors (Lipinski definition) is 3. The predicted molar refractivity (Wildman–Crippen MR) is 67.1 cm³/mol. The normalized spacial score (nSPS) is 13.9. The van der Waals surface area contributed by atoms with Crippen molar-refractivity contribution < 1.29 is 23.0 Å². The van der Waals surface area contributed by atoms with Gasteiger partial charge in [-0.1, -0.05) is 6.07 Å². The van der Waals surface area contributed by atoms with Crippen LogP contribution < -0.4 is 4.74 Å². The molecule has 18 heavy (non-hydrogen) atoms. The molecule has 0 aliphatic carbocycles. The van der Waals surface area contributed by atoms with Gasteiger partial charge in [-0.3, -0.25) is 0 Å². The van der Waals surface area contributed by atoms with E-state index in [1.165, 1.54) is 30.6 Å². The lowest BCUT2D eigenvalue weighted by Gasteiger charge is -2.18. The molecule has 1 atom stereocenters. The summed E-state index contributed by atoms with van der Waals surface area (Å²) in [5, 5.41) is 11.6. The predicted octanol–water partition coefficient (Wildman–Crippen LogP) is 4.27. The molecule has 98 valence electrons. The van der Waals surface area contributed by atoms with Gasteiger partial charge in [0.15, 0.2) is 6.10 Å². The average Bonchev–Trinajstić information content (AvgIpc) is 2.68. The van der Waals surface area contributed by atoms with Gasteiger partial charge in [-0.05, 0) is 22.0 Å². The summed E-state index contributed by atoms with van der Waals surface area (Å²) in [6, 6.07) is 2.78. The number of hydrogen-bond donors (Lipinski definition) is 1. The molecule has 1 aromatic carbocycles. The Morgan fingerprint density at radius 1 is 1.39 bits per heavy atom. The highest BCUT2D eigenvalue weighted by Crippen LogP contribution is 2.44. The van der Waals surface area contributed by atoms with Crippen LogP contribution in [0.15, 0.2) is 22.0 Å². The minimum Gasteiger partial charge on any atom is -0.496 e. The molecule has 0 aliphatic rings. The van der Waals surface area contributed by atoms with Crippen LogP contribution in [0.25, 0.3) is 10.1 Å². The second-order valence-corrected chi connectivity index (χ2v) is 5.35. The van der Waals surface area contributed by atoms with E-state index < -0.39 is 12.3 Å². The summed E-state index contributed by atoms with van der Waals surface area (Å²) < 4.78 is 44.2. The number of ether oxygens (including phenoxy) is 1. The largest absolute Gasteiger partial charge is 0.496 e. The molecule has 1 N–H and O–H groups in total. The molecule has 7 heteroatoms. The molecule has 0 amide bonds. The van der Waals surface area contributed by atoms with Crippen LogP contribution in [0.2, 0.25) is 0 Å². The topological polar surface area (TPSA) is 29.5 Å². The summed E-state index contributed by atoms with van der Waals surface area (Å²) in [7, 11) is 1.28. The van der Waals surface area contributed by atoms with E-state index in [0.29, 0.717) is 9.86 Å². The number of methoxy groups -OCH3 is 1. The molecule has 2 nitrogen and oxygen atoms in total. The van der Waals surface area contributed by atoms with Crippen molar-refractivity contribution in [2.24, 2.45) is 0 Å². The Morgan fingerprint density at radius 2 is 2.06 bits per heavy atom. The van der Waals surface area contributed by atoms with Crippen LogP contribution in [0.3, 0.4) is 0 Å². The molecule has 0 spiro atoms. The first kappa shape index (κ1) is 13.6. The van der Waals surface area contributed by atoms with E-state index >= 15 is 0 Å². The van der Waals surface area contributed by atoms with Gasteiger partial charge in [-0.25, -0.2) is 0 Å². The van der Waals surface area contributed by atoms with Crippen molar-refractivity contribution >= 4 is 37.4 Å². The van der Waals surface area contributed by atoms with E-state index in [1.54, 1.807) is 5.38 Å². The van der Waals surface area contributed by atoms with Crippen molar-refractivity contribution in [3.05, 3.63) is 27.5 Å². The lowest BCUT2D eigenvalue weighted by molar-refractivity contribution is -0.207. The molecular formula is C11H8BrF3O2S. The van der Waals surface area contributed by atoms with E-state index in [9.17, 15) is 18.3 Å². The van der Waals surface area contributed by atoms with Crippen LogP contribution in [0.4, 0.5) is 13.2 Å². The second kappa shape index (κ2) is 4.71. The van der Waals surface area contributed by atoms with E-state index in [0.717, 1.165) is 4.70 Å². The van der Waals surface area contributed by atoms with E-state index in [-0.39, 0.29) is 11.3 Å². The number of thiophene rings is 1. The minimum atomic E-state index is -4.72. The average molecular weight is 341 g/mol. The Kier molecular flexibility index (Phi) is 3.57. The van der Waals surface area contributed by atoms with Crippen LogP contribution in [-0.2, 0) is 0 Å². The van der Waals surface area contributed by atoms with Crippen molar-refractivity contribution in [2.75, 3.05) is 7.11 Å². The van der Waals surface area contributed by atoms with Crippen molar-refractivity contribution in [2.45, 2.75) is 12.3 Å². The van der Waals surface area contributed by atoms with Crippen LogP contribution >= 0.6 is 27.3 Å². The molecule has 1 aromatic heterocycles. The van der Waals surface area contributed by atoms with Gasteiger partial charge in [0.05, 0.1) is 7.11 Å². The van der Waals surface area contributed by atoms with Gasteiger partial charge in [0.25, 0.3) is 0 Å². The molecule has 0 saturated heterocycles. The summed E-state index contributed by atoms with van der Waals surface area (Å²) in [5.41, 5.74) is -0.281. The summed E-state index contributed by atoms with van der Waals surface area (Å²) in [6.07, 6.45) is -7.27. The number of fused-ring (bicyclic) bond motifs is 1. The van der Waals surface area contributed by atoms with Crippen molar-refractivity contribution in [3.8, 4) is 5.75 Å². The van der Waals surface area contributed by atoms with Gasteiger partial charge in [0, 0.05) is 25.5 Å². The smallest absolute Gasteiger partial charge is 0.418 e. The van der Waals surface area contributed by atoms with Crippen LogP contribution in [0, 0.1) is 0 Å². The quantitative estimate of drug-likeness (QED) is 0.884. The van der Waals surface area contributed by atoms with Gasteiger partial charge in [0.2, 0.25) is 0 Å². The fourth-order valence-electron chi connectivity index (χ4n) is 1.69. The van der Waals surface area contributed by atoms with Crippen molar-refractivity contribution in [3.63, 3.8) is 0 Å². The molecule has 0 bridgehead atoms. The second-order valence-electron chi connectivity index (χ2n) is 3.59. The Labute approximate surface area is 113 Å². The highest BCUT2D eigenvalue weighted by Gasteiger charge is 2.41. The van der Waals surface area contributed by atoms with Gasteiger partial charge in [-0.2, -0.15) is 13.2 Å². The third-order valence-electron chi connectivity index (χ3n) is 2.49. The van der Waals surface area contributed by atoms with E-state index in [2.05, 4.69) is 15.9 Å². The number of aliphatic hydroxyl groups is 1. The summed E-state index contributed by atoms with van der Waals surface area (Å²) in [6.45, 7) is 0. The first-order chi connectivity index (χ1) is 8.36.